The highest BCUT2D eigenvalue weighted by Crippen LogP contribution is 2.27. The maximum absolute atomic E-state index is 14.0. The summed E-state index contributed by atoms with van der Waals surface area (Å²) in [5, 5.41) is -0.369. The van der Waals surface area contributed by atoms with Gasteiger partial charge in [0.05, 0.1) is 16.9 Å². The number of hydrogen-bond acceptors (Lipinski definition) is 6. The average Bonchev–Trinajstić information content (AvgIpc) is 3.23. The summed E-state index contributed by atoms with van der Waals surface area (Å²) in [6.07, 6.45) is 2.24. The van der Waals surface area contributed by atoms with Crippen LogP contribution in [0.5, 0.6) is 5.88 Å². The van der Waals surface area contributed by atoms with Gasteiger partial charge in [-0.25, -0.2) is 18.7 Å². The van der Waals surface area contributed by atoms with Gasteiger partial charge in [0.1, 0.15) is 18.2 Å². The van der Waals surface area contributed by atoms with Crippen LogP contribution in [0.1, 0.15) is 22.3 Å². The number of hydrogen-bond donors (Lipinski definition) is 2. The molecule has 4 rings (SSSR count). The highest BCUT2D eigenvalue weighted by Gasteiger charge is 2.24. The highest BCUT2D eigenvalue weighted by atomic mass is 35.5. The van der Waals surface area contributed by atoms with Gasteiger partial charge in [-0.1, -0.05) is 23.7 Å². The van der Waals surface area contributed by atoms with E-state index >= 15 is 0 Å². The number of ether oxygens (including phenoxy) is 1. The van der Waals surface area contributed by atoms with Gasteiger partial charge in [-0.05, 0) is 30.7 Å². The number of nitrogens with zero attached hydrogens (tertiary/aromatic N) is 3. The third-order valence-corrected chi connectivity index (χ3v) is 5.61. The molecule has 166 valence electrons. The van der Waals surface area contributed by atoms with Crippen LogP contribution in [0.3, 0.4) is 0 Å². The summed E-state index contributed by atoms with van der Waals surface area (Å²) < 4.78 is 33.1. The van der Waals surface area contributed by atoms with Crippen molar-refractivity contribution in [1.29, 1.82) is 0 Å². The van der Waals surface area contributed by atoms with Gasteiger partial charge in [-0.2, -0.15) is 0 Å². The number of anilines is 1. The summed E-state index contributed by atoms with van der Waals surface area (Å²) >= 11 is 5.83. The van der Waals surface area contributed by atoms with Crippen molar-refractivity contribution < 1.29 is 18.3 Å². The second kappa shape index (κ2) is 9.05. The van der Waals surface area contributed by atoms with E-state index in [1.54, 1.807) is 29.2 Å². The van der Waals surface area contributed by atoms with Crippen LogP contribution in [-0.2, 0) is 6.61 Å². The minimum atomic E-state index is -0.759. The molecule has 3 aromatic rings. The molecule has 0 unspecified atom stereocenters. The molecule has 1 aromatic heterocycles. The largest absolute Gasteiger partial charge is 0.470 e. The second-order valence-electron chi connectivity index (χ2n) is 7.43. The van der Waals surface area contributed by atoms with Crippen LogP contribution in [-0.4, -0.2) is 39.9 Å². The van der Waals surface area contributed by atoms with Crippen molar-refractivity contribution in [2.45, 2.75) is 19.1 Å². The molecule has 1 aliphatic rings. The Balaban J connectivity index is 1.51. The summed E-state index contributed by atoms with van der Waals surface area (Å²) in [6, 6.07) is 8.76. The molecule has 2 heterocycles. The number of carbonyl (C=O) groups excluding carboxylic acids is 1. The number of halogens is 3. The molecule has 4 N–H and O–H groups in total. The summed E-state index contributed by atoms with van der Waals surface area (Å²) in [7, 11) is 0. The Hall–Kier alpha value is -3.30. The maximum atomic E-state index is 14.0. The molecule has 0 radical (unpaired) electrons. The predicted molar refractivity (Wildman–Crippen MR) is 116 cm³/mol. The Bertz CT molecular complexity index is 1160. The molecule has 0 spiro atoms. The highest BCUT2D eigenvalue weighted by molar-refractivity contribution is 6.31. The molecule has 2 aromatic carbocycles. The average molecular weight is 460 g/mol. The lowest BCUT2D eigenvalue weighted by Crippen LogP contribution is -2.31. The van der Waals surface area contributed by atoms with Gasteiger partial charge in [0, 0.05) is 35.8 Å². The van der Waals surface area contributed by atoms with E-state index in [2.05, 4.69) is 9.97 Å². The Morgan fingerprint density at radius 3 is 2.59 bits per heavy atom. The van der Waals surface area contributed by atoms with Crippen molar-refractivity contribution in [2.75, 3.05) is 18.8 Å². The van der Waals surface area contributed by atoms with Crippen molar-refractivity contribution in [3.05, 3.63) is 70.4 Å². The Morgan fingerprint density at radius 2 is 1.91 bits per heavy atom. The van der Waals surface area contributed by atoms with Gasteiger partial charge < -0.3 is 21.1 Å². The van der Waals surface area contributed by atoms with Crippen LogP contribution >= 0.6 is 11.6 Å². The van der Waals surface area contributed by atoms with E-state index in [9.17, 15) is 13.6 Å². The molecule has 7 nitrogen and oxygen atoms in total. The smallest absolute Gasteiger partial charge is 0.258 e. The number of amides is 1. The molecule has 0 saturated carbocycles. The van der Waals surface area contributed by atoms with Gasteiger partial charge >= 0.3 is 0 Å². The first kappa shape index (κ1) is 21.9. The fraction of sp³-hybridized carbons (Fsp3) is 0.227. The fourth-order valence-electron chi connectivity index (χ4n) is 3.41. The van der Waals surface area contributed by atoms with Crippen LogP contribution in [0.25, 0.3) is 11.3 Å². The molecule has 1 saturated heterocycles. The summed E-state index contributed by atoms with van der Waals surface area (Å²) in [5.41, 5.74) is 13.2. The third kappa shape index (κ3) is 4.49. The number of benzene rings is 2. The van der Waals surface area contributed by atoms with E-state index in [0.29, 0.717) is 29.9 Å². The summed E-state index contributed by atoms with van der Waals surface area (Å²) in [5.74, 6) is -1.61. The normalized spacial score (nSPS) is 15.8. The van der Waals surface area contributed by atoms with E-state index in [4.69, 9.17) is 27.8 Å². The number of aromatic nitrogens is 2. The van der Waals surface area contributed by atoms with E-state index in [1.165, 1.54) is 6.20 Å². The fourth-order valence-corrected chi connectivity index (χ4v) is 3.61. The number of likely N-dealkylation sites (tertiary alicyclic amines) is 1. The van der Waals surface area contributed by atoms with Crippen LogP contribution < -0.4 is 16.2 Å². The van der Waals surface area contributed by atoms with Gasteiger partial charge in [0.2, 0.25) is 0 Å². The lowest BCUT2D eigenvalue weighted by molar-refractivity contribution is 0.0791. The second-order valence-corrected chi connectivity index (χ2v) is 7.81. The first-order valence-corrected chi connectivity index (χ1v) is 10.2. The lowest BCUT2D eigenvalue weighted by atomic mass is 10.1. The SMILES string of the molecule is Nc1ncc(-c2ccc(C(=O)N3CC[C@H](N)C3)cc2)nc1OCc1c(F)ccc(F)c1Cl. The maximum Gasteiger partial charge on any atom is 0.258 e. The van der Waals surface area contributed by atoms with E-state index < -0.39 is 11.6 Å². The van der Waals surface area contributed by atoms with Gasteiger partial charge in [0.25, 0.3) is 11.8 Å². The molecular weight excluding hydrogens is 440 g/mol. The van der Waals surface area contributed by atoms with E-state index in [-0.39, 0.29) is 40.8 Å². The van der Waals surface area contributed by atoms with Crippen molar-refractivity contribution in [3.63, 3.8) is 0 Å². The molecule has 1 fully saturated rings. The van der Waals surface area contributed by atoms with Crippen molar-refractivity contribution in [2.24, 2.45) is 5.73 Å². The standard InChI is InChI=1S/C22H20ClF2N5O2/c23-19-15(16(24)5-6-17(19)25)11-32-21-20(27)28-9-18(29-21)12-1-3-13(4-2-12)22(31)30-8-7-14(26)10-30/h1-6,9,14H,7-8,10-11,26H2,(H2,27,28)/t14-/m0/s1. The molecule has 10 heteroatoms. The van der Waals surface area contributed by atoms with E-state index in [0.717, 1.165) is 18.6 Å². The van der Waals surface area contributed by atoms with E-state index in [1.807, 2.05) is 0 Å². The van der Waals surface area contributed by atoms with Gasteiger partial charge in [-0.15, -0.1) is 0 Å². The van der Waals surface area contributed by atoms with Crippen molar-refractivity contribution in [1.82, 2.24) is 14.9 Å². The minimum Gasteiger partial charge on any atom is -0.470 e. The summed E-state index contributed by atoms with van der Waals surface area (Å²) in [6.45, 7) is 0.804. The molecular formula is C22H20ClF2N5O2. The van der Waals surface area contributed by atoms with Crippen molar-refractivity contribution >= 4 is 23.3 Å². The zero-order chi connectivity index (χ0) is 22.8. The van der Waals surface area contributed by atoms with Crippen LogP contribution in [0.4, 0.5) is 14.6 Å². The first-order valence-electron chi connectivity index (χ1n) is 9.86. The quantitative estimate of drug-likeness (QED) is 0.566. The van der Waals surface area contributed by atoms with Gasteiger partial charge in [0.15, 0.2) is 5.82 Å². The number of rotatable bonds is 5. The molecule has 32 heavy (non-hydrogen) atoms. The number of nitrogens with two attached hydrogens (primary N) is 2. The Morgan fingerprint density at radius 1 is 1.19 bits per heavy atom. The van der Waals surface area contributed by atoms with Gasteiger partial charge in [-0.3, -0.25) is 4.79 Å². The molecule has 1 amide bonds. The monoisotopic (exact) mass is 459 g/mol. The van der Waals surface area contributed by atoms with Crippen LogP contribution in [0.2, 0.25) is 5.02 Å². The van der Waals surface area contributed by atoms with Crippen molar-refractivity contribution in [3.8, 4) is 17.1 Å². The van der Waals surface area contributed by atoms with Crippen LogP contribution in [0.15, 0.2) is 42.6 Å². The zero-order valence-electron chi connectivity index (χ0n) is 16.9. The lowest BCUT2D eigenvalue weighted by Gasteiger charge is -2.16. The van der Waals surface area contributed by atoms with Crippen LogP contribution in [0, 0.1) is 11.6 Å². The Labute approximate surface area is 188 Å². The molecule has 1 atom stereocenters. The topological polar surface area (TPSA) is 107 Å². The molecule has 0 bridgehead atoms. The third-order valence-electron chi connectivity index (χ3n) is 5.20. The number of nitrogen functional groups attached to an aromatic ring is 1. The Kier molecular flexibility index (Phi) is 6.20. The first-order chi connectivity index (χ1) is 15.3. The zero-order valence-corrected chi connectivity index (χ0v) is 17.6. The number of carbonyl (C=O) groups is 1. The predicted octanol–water partition coefficient (Wildman–Crippen LogP) is 3.41. The summed E-state index contributed by atoms with van der Waals surface area (Å²) in [4.78, 5) is 22.7. The molecule has 0 aliphatic carbocycles. The molecule has 1 aliphatic heterocycles. The minimum absolute atomic E-state index is 0.0115.